The lowest BCUT2D eigenvalue weighted by Gasteiger charge is -2.19. The molecular weight excluding hydrogens is 376 g/mol. The van der Waals surface area contributed by atoms with Crippen molar-refractivity contribution in [2.75, 3.05) is 17.3 Å². The third kappa shape index (κ3) is 3.79. The van der Waals surface area contributed by atoms with E-state index in [9.17, 15) is 0 Å². The van der Waals surface area contributed by atoms with Crippen molar-refractivity contribution in [2.24, 2.45) is 0 Å². The van der Waals surface area contributed by atoms with Gasteiger partial charge in [-0.05, 0) is 24.5 Å². The molecule has 0 saturated carbocycles. The molecule has 2 aromatic carbocycles. The fourth-order valence-electron chi connectivity index (χ4n) is 2.77. The second-order valence-corrected chi connectivity index (χ2v) is 7.68. The van der Waals surface area contributed by atoms with Gasteiger partial charge in [0.05, 0.1) is 0 Å². The van der Waals surface area contributed by atoms with E-state index in [0.717, 1.165) is 22.6 Å². The van der Waals surface area contributed by atoms with Crippen LogP contribution in [0.1, 0.15) is 11.8 Å². The number of nitrogens with one attached hydrogen (secondary N) is 1. The number of ether oxygens (including phenoxy) is 1. The molecule has 7 heteroatoms. The maximum Gasteiger partial charge on any atom is 0.247 e. The molecule has 27 heavy (non-hydrogen) atoms. The van der Waals surface area contributed by atoms with Gasteiger partial charge >= 0.3 is 0 Å². The summed E-state index contributed by atoms with van der Waals surface area (Å²) >= 11 is 3.19. The third-order valence-electron chi connectivity index (χ3n) is 4.08. The van der Waals surface area contributed by atoms with Gasteiger partial charge in [0.2, 0.25) is 11.0 Å². The van der Waals surface area contributed by atoms with Gasteiger partial charge in [-0.25, -0.2) is 0 Å². The van der Waals surface area contributed by atoms with Gasteiger partial charge in [0.25, 0.3) is 0 Å². The molecule has 0 spiro atoms. The topological polar surface area (TPSA) is 59.9 Å². The zero-order valence-corrected chi connectivity index (χ0v) is 16.4. The molecule has 136 valence electrons. The summed E-state index contributed by atoms with van der Waals surface area (Å²) in [5.74, 6) is 1.20. The van der Waals surface area contributed by atoms with Crippen LogP contribution in [0.4, 0.5) is 5.69 Å². The normalized spacial score (nSPS) is 14.9. The van der Waals surface area contributed by atoms with E-state index in [0.29, 0.717) is 16.7 Å². The van der Waals surface area contributed by atoms with E-state index in [1.807, 2.05) is 30.3 Å². The van der Waals surface area contributed by atoms with Crippen molar-refractivity contribution < 1.29 is 4.74 Å². The van der Waals surface area contributed by atoms with Crippen LogP contribution < -0.4 is 10.1 Å². The fourth-order valence-corrected chi connectivity index (χ4v) is 3.69. The second-order valence-electron chi connectivity index (χ2n) is 5.81. The maximum atomic E-state index is 6.25. The summed E-state index contributed by atoms with van der Waals surface area (Å²) in [6.45, 7) is 3.73. The predicted octanol–water partition coefficient (Wildman–Crippen LogP) is 5.04. The minimum Gasteiger partial charge on any atom is -0.448 e. The molecule has 1 aliphatic heterocycles. The van der Waals surface area contributed by atoms with E-state index in [1.165, 1.54) is 16.7 Å². The summed E-state index contributed by atoms with van der Waals surface area (Å²) < 4.78 is 6.25. The van der Waals surface area contributed by atoms with E-state index in [1.54, 1.807) is 11.8 Å². The lowest BCUT2D eigenvalue weighted by Crippen LogP contribution is -2.17. The molecule has 0 amide bonds. The molecule has 2 heterocycles. The zero-order valence-electron chi connectivity index (χ0n) is 14.8. The molecule has 5 nitrogen and oxygen atoms in total. The van der Waals surface area contributed by atoms with Crippen LogP contribution in [0.2, 0.25) is 0 Å². The molecule has 1 N–H and O–H groups in total. The van der Waals surface area contributed by atoms with E-state index < -0.39 is 0 Å². The van der Waals surface area contributed by atoms with Gasteiger partial charge < -0.3 is 10.1 Å². The van der Waals surface area contributed by atoms with Gasteiger partial charge in [0.15, 0.2) is 11.9 Å². The van der Waals surface area contributed by atoms with Gasteiger partial charge in [-0.3, -0.25) is 0 Å². The quantitative estimate of drug-likeness (QED) is 0.480. The highest BCUT2D eigenvalue weighted by molar-refractivity contribution is 7.99. The van der Waals surface area contributed by atoms with Crippen molar-refractivity contribution >= 4 is 29.2 Å². The molecule has 0 saturated heterocycles. The minimum atomic E-state index is -0.364. The van der Waals surface area contributed by atoms with Gasteiger partial charge in [0, 0.05) is 27.5 Å². The SMILES string of the molecule is C=CCSc1nnc2c(n1)O[C@H](c1ccc(SC)cc1)Nc1ccccc1-2. The summed E-state index contributed by atoms with van der Waals surface area (Å²) in [4.78, 5) is 5.80. The van der Waals surface area contributed by atoms with Crippen LogP contribution >= 0.6 is 23.5 Å². The minimum absolute atomic E-state index is 0.364. The first-order chi connectivity index (χ1) is 13.3. The summed E-state index contributed by atoms with van der Waals surface area (Å²) in [5, 5.41) is 12.7. The van der Waals surface area contributed by atoms with Gasteiger partial charge in [-0.15, -0.1) is 28.5 Å². The fraction of sp³-hybridized carbons (Fsp3) is 0.150. The first kappa shape index (κ1) is 17.9. The number of aromatic nitrogens is 3. The van der Waals surface area contributed by atoms with Crippen molar-refractivity contribution in [3.8, 4) is 17.1 Å². The number of fused-ring (bicyclic) bond motifs is 3. The predicted molar refractivity (Wildman–Crippen MR) is 111 cm³/mol. The number of hydrogen-bond acceptors (Lipinski definition) is 7. The Kier molecular flexibility index (Phi) is 5.31. The van der Waals surface area contributed by atoms with Crippen LogP contribution in [0, 0.1) is 0 Å². The molecule has 0 aliphatic carbocycles. The number of anilines is 1. The third-order valence-corrected chi connectivity index (χ3v) is 5.66. The van der Waals surface area contributed by atoms with Crippen LogP contribution in [0.5, 0.6) is 5.88 Å². The summed E-state index contributed by atoms with van der Waals surface area (Å²) in [7, 11) is 0. The molecule has 1 aliphatic rings. The number of thioether (sulfide) groups is 2. The van der Waals surface area contributed by atoms with E-state index in [2.05, 4.69) is 57.6 Å². The number of benzene rings is 2. The van der Waals surface area contributed by atoms with Crippen LogP contribution in [0.15, 0.2) is 71.2 Å². The maximum absolute atomic E-state index is 6.25. The molecule has 0 radical (unpaired) electrons. The van der Waals surface area contributed by atoms with Crippen LogP contribution in [-0.2, 0) is 0 Å². The first-order valence-electron chi connectivity index (χ1n) is 8.43. The van der Waals surface area contributed by atoms with Crippen molar-refractivity contribution in [1.82, 2.24) is 15.2 Å². The van der Waals surface area contributed by atoms with Crippen LogP contribution in [0.3, 0.4) is 0 Å². The van der Waals surface area contributed by atoms with Gasteiger partial charge in [-0.2, -0.15) is 4.98 Å². The van der Waals surface area contributed by atoms with Crippen molar-refractivity contribution in [3.05, 3.63) is 66.7 Å². The molecule has 1 aromatic heterocycles. The second kappa shape index (κ2) is 8.02. The monoisotopic (exact) mass is 394 g/mol. The average Bonchev–Trinajstić information content (AvgIpc) is 2.88. The molecule has 0 unspecified atom stereocenters. The Morgan fingerprint density at radius 2 is 1.96 bits per heavy atom. The van der Waals surface area contributed by atoms with Crippen molar-refractivity contribution in [2.45, 2.75) is 16.3 Å². The number of hydrogen-bond donors (Lipinski definition) is 1. The summed E-state index contributed by atoms with van der Waals surface area (Å²) in [6.07, 6.45) is 3.51. The van der Waals surface area contributed by atoms with Gasteiger partial charge in [-0.1, -0.05) is 48.2 Å². The van der Waals surface area contributed by atoms with E-state index in [4.69, 9.17) is 4.74 Å². The summed E-state index contributed by atoms with van der Waals surface area (Å²) in [5.41, 5.74) is 3.53. The average molecular weight is 395 g/mol. The highest BCUT2D eigenvalue weighted by atomic mass is 32.2. The first-order valence-corrected chi connectivity index (χ1v) is 10.6. The molecule has 4 rings (SSSR count). The van der Waals surface area contributed by atoms with Crippen LogP contribution in [0.25, 0.3) is 11.3 Å². The van der Waals surface area contributed by atoms with E-state index >= 15 is 0 Å². The van der Waals surface area contributed by atoms with Crippen LogP contribution in [-0.4, -0.2) is 27.2 Å². The van der Waals surface area contributed by atoms with Crippen molar-refractivity contribution in [3.63, 3.8) is 0 Å². The largest absolute Gasteiger partial charge is 0.448 e. The standard InChI is InChI=1S/C20H18N4OS2/c1-3-12-27-20-22-19-17(23-24-20)15-6-4-5-7-16(15)21-18(25-19)13-8-10-14(26-2)11-9-13/h3-11,18,21H,1,12H2,2H3/t18-/m1/s1. The Morgan fingerprint density at radius 3 is 2.74 bits per heavy atom. The highest BCUT2D eigenvalue weighted by Crippen LogP contribution is 2.39. The molecule has 1 atom stereocenters. The Labute approximate surface area is 166 Å². The van der Waals surface area contributed by atoms with Crippen molar-refractivity contribution in [1.29, 1.82) is 0 Å². The summed E-state index contributed by atoms with van der Waals surface area (Å²) in [6, 6.07) is 16.3. The Bertz CT molecular complexity index is 962. The lowest BCUT2D eigenvalue weighted by molar-refractivity contribution is 0.225. The molecular formula is C20H18N4OS2. The smallest absolute Gasteiger partial charge is 0.247 e. The number of para-hydroxylation sites is 1. The molecule has 3 aromatic rings. The van der Waals surface area contributed by atoms with E-state index in [-0.39, 0.29) is 6.23 Å². The zero-order chi connectivity index (χ0) is 18.6. The molecule has 0 fully saturated rings. The Morgan fingerprint density at radius 1 is 1.15 bits per heavy atom. The Balaban J connectivity index is 1.76. The number of nitrogens with zero attached hydrogens (tertiary/aromatic N) is 3. The van der Waals surface area contributed by atoms with Gasteiger partial charge in [0.1, 0.15) is 0 Å². The highest BCUT2D eigenvalue weighted by Gasteiger charge is 2.25. The number of rotatable bonds is 5. The Hall–Kier alpha value is -2.51. The lowest BCUT2D eigenvalue weighted by atomic mass is 10.1. The molecule has 0 bridgehead atoms.